The number of likely N-dealkylation sites (tertiary alicyclic amines) is 1. The van der Waals surface area contributed by atoms with Crippen LogP contribution >= 0.6 is 0 Å². The number of fused-ring (bicyclic) bond motifs is 1. The lowest BCUT2D eigenvalue weighted by Crippen LogP contribution is -2.45. The largest absolute Gasteiger partial charge is 0.481 e. The first-order valence-corrected chi connectivity index (χ1v) is 8.62. The number of carboxylic acids is 1. The van der Waals surface area contributed by atoms with Gasteiger partial charge in [0.05, 0.1) is 12.0 Å². The van der Waals surface area contributed by atoms with Crippen LogP contribution in [0.1, 0.15) is 22.5 Å². The molecule has 2 fully saturated rings. The van der Waals surface area contributed by atoms with Gasteiger partial charge in [-0.25, -0.2) is 4.98 Å². The summed E-state index contributed by atoms with van der Waals surface area (Å²) < 4.78 is 10.9. The van der Waals surface area contributed by atoms with Crippen molar-refractivity contribution in [1.82, 2.24) is 9.88 Å². The quantitative estimate of drug-likeness (QED) is 0.906. The second-order valence-electron chi connectivity index (χ2n) is 7.06. The zero-order chi connectivity index (χ0) is 18.3. The summed E-state index contributed by atoms with van der Waals surface area (Å²) in [7, 11) is 0. The van der Waals surface area contributed by atoms with E-state index in [2.05, 4.69) is 4.98 Å². The molecule has 1 amide bonds. The van der Waals surface area contributed by atoms with Crippen LogP contribution in [0.3, 0.4) is 0 Å². The summed E-state index contributed by atoms with van der Waals surface area (Å²) in [4.78, 5) is 30.6. The molecule has 7 heteroatoms. The predicted molar refractivity (Wildman–Crippen MR) is 91.6 cm³/mol. The fourth-order valence-corrected chi connectivity index (χ4v) is 3.91. The van der Waals surface area contributed by atoms with Crippen LogP contribution in [-0.4, -0.2) is 53.2 Å². The maximum Gasteiger partial charge on any atom is 0.311 e. The molecule has 2 atom stereocenters. The number of nitrogens with zero attached hydrogens (tertiary/aromatic N) is 2. The number of oxazole rings is 1. The Bertz CT molecular complexity index is 844. The Hall–Kier alpha value is -2.67. The molecule has 1 N–H and O–H groups in total. The molecule has 2 aromatic rings. The van der Waals surface area contributed by atoms with E-state index < -0.39 is 11.4 Å². The average molecular weight is 356 g/mol. The first-order chi connectivity index (χ1) is 12.5. The van der Waals surface area contributed by atoms with Crippen molar-refractivity contribution in [3.8, 4) is 11.3 Å². The molecule has 2 aliphatic heterocycles. The van der Waals surface area contributed by atoms with E-state index >= 15 is 0 Å². The van der Waals surface area contributed by atoms with Crippen LogP contribution in [0.4, 0.5) is 0 Å². The first kappa shape index (κ1) is 16.8. The standard InChI is InChI=1S/C19H20N2O5/c1-12-2-4-13(5-3-12)16-15(20-11-26-16)17(22)21-8-14-9-25-7-6-19(14,10-21)18(23)24/h2-5,11,14H,6-10H2,1H3,(H,23,24)/t14-,19+/m0/s1. The van der Waals surface area contributed by atoms with Crippen LogP contribution in [0.25, 0.3) is 11.3 Å². The molecule has 7 nitrogen and oxygen atoms in total. The van der Waals surface area contributed by atoms with Gasteiger partial charge in [-0.3, -0.25) is 9.59 Å². The Morgan fingerprint density at radius 3 is 2.77 bits per heavy atom. The van der Waals surface area contributed by atoms with Crippen molar-refractivity contribution in [3.05, 3.63) is 41.9 Å². The van der Waals surface area contributed by atoms with Gasteiger partial charge in [-0.05, 0) is 13.3 Å². The molecule has 0 spiro atoms. The molecule has 1 aromatic carbocycles. The summed E-state index contributed by atoms with van der Waals surface area (Å²) in [5.41, 5.74) is 1.16. The highest BCUT2D eigenvalue weighted by atomic mass is 16.5. The zero-order valence-electron chi connectivity index (χ0n) is 14.5. The lowest BCUT2D eigenvalue weighted by atomic mass is 9.74. The third kappa shape index (κ3) is 2.59. The van der Waals surface area contributed by atoms with Crippen LogP contribution in [0.15, 0.2) is 35.1 Å². The molecular formula is C19H20N2O5. The minimum atomic E-state index is -0.929. The molecule has 136 valence electrons. The van der Waals surface area contributed by atoms with Gasteiger partial charge in [-0.15, -0.1) is 0 Å². The van der Waals surface area contributed by atoms with Gasteiger partial charge in [0.15, 0.2) is 17.8 Å². The Morgan fingerprint density at radius 1 is 1.31 bits per heavy atom. The van der Waals surface area contributed by atoms with E-state index in [0.29, 0.717) is 31.9 Å². The molecule has 0 radical (unpaired) electrons. The molecule has 2 aliphatic rings. The summed E-state index contributed by atoms with van der Waals surface area (Å²) >= 11 is 0. The molecule has 0 aliphatic carbocycles. The summed E-state index contributed by atoms with van der Waals surface area (Å²) in [5, 5.41) is 9.76. The maximum absolute atomic E-state index is 13.0. The van der Waals surface area contributed by atoms with Gasteiger partial charge in [-0.1, -0.05) is 29.8 Å². The van der Waals surface area contributed by atoms with Crippen LogP contribution in [0.5, 0.6) is 0 Å². The highest BCUT2D eigenvalue weighted by Gasteiger charge is 2.55. The highest BCUT2D eigenvalue weighted by Crippen LogP contribution is 2.43. The van der Waals surface area contributed by atoms with Crippen molar-refractivity contribution in [3.63, 3.8) is 0 Å². The van der Waals surface area contributed by atoms with Crippen molar-refractivity contribution in [2.45, 2.75) is 13.3 Å². The number of hydrogen-bond acceptors (Lipinski definition) is 5. The normalized spacial score (nSPS) is 25.1. The summed E-state index contributed by atoms with van der Waals surface area (Å²) in [6.07, 6.45) is 1.67. The van der Waals surface area contributed by atoms with Crippen molar-refractivity contribution in [2.24, 2.45) is 11.3 Å². The minimum Gasteiger partial charge on any atom is -0.481 e. The second kappa shape index (κ2) is 6.25. The zero-order valence-corrected chi connectivity index (χ0v) is 14.5. The fraction of sp³-hybridized carbons (Fsp3) is 0.421. The smallest absolute Gasteiger partial charge is 0.311 e. The fourth-order valence-electron chi connectivity index (χ4n) is 3.91. The van der Waals surface area contributed by atoms with Gasteiger partial charge in [0.1, 0.15) is 0 Å². The van der Waals surface area contributed by atoms with Crippen LogP contribution in [-0.2, 0) is 9.53 Å². The average Bonchev–Trinajstić information content (AvgIpc) is 3.27. The van der Waals surface area contributed by atoms with E-state index in [4.69, 9.17) is 9.15 Å². The molecule has 3 heterocycles. The summed E-state index contributed by atoms with van der Waals surface area (Å²) in [6.45, 7) is 3.28. The number of aliphatic carboxylic acids is 1. The van der Waals surface area contributed by atoms with E-state index in [0.717, 1.165) is 11.1 Å². The molecule has 0 bridgehead atoms. The van der Waals surface area contributed by atoms with Crippen LogP contribution < -0.4 is 0 Å². The first-order valence-electron chi connectivity index (χ1n) is 8.62. The van der Waals surface area contributed by atoms with E-state index in [1.807, 2.05) is 31.2 Å². The van der Waals surface area contributed by atoms with Gasteiger partial charge in [0.2, 0.25) is 0 Å². The van der Waals surface area contributed by atoms with Crippen LogP contribution in [0, 0.1) is 18.3 Å². The molecule has 4 rings (SSSR count). The number of aromatic nitrogens is 1. The molecule has 1 aromatic heterocycles. The Balaban J connectivity index is 1.63. The number of rotatable bonds is 3. The van der Waals surface area contributed by atoms with Crippen molar-refractivity contribution < 1.29 is 23.8 Å². The number of hydrogen-bond donors (Lipinski definition) is 1. The molecule has 0 saturated carbocycles. The molecular weight excluding hydrogens is 336 g/mol. The third-order valence-electron chi connectivity index (χ3n) is 5.50. The number of carbonyl (C=O) groups excluding carboxylic acids is 1. The summed E-state index contributed by atoms with van der Waals surface area (Å²) in [6, 6.07) is 7.63. The van der Waals surface area contributed by atoms with E-state index in [-0.39, 0.29) is 24.1 Å². The predicted octanol–water partition coefficient (Wildman–Crippen LogP) is 2.21. The Kier molecular flexibility index (Phi) is 4.03. The van der Waals surface area contributed by atoms with E-state index in [9.17, 15) is 14.7 Å². The Labute approximate surface area is 150 Å². The number of benzene rings is 1. The number of carbonyl (C=O) groups is 2. The molecule has 2 saturated heterocycles. The van der Waals surface area contributed by atoms with Crippen molar-refractivity contribution >= 4 is 11.9 Å². The lowest BCUT2D eigenvalue weighted by Gasteiger charge is -2.33. The lowest BCUT2D eigenvalue weighted by molar-refractivity contribution is -0.157. The monoisotopic (exact) mass is 356 g/mol. The van der Waals surface area contributed by atoms with E-state index in [1.54, 1.807) is 4.90 Å². The Morgan fingerprint density at radius 2 is 2.08 bits per heavy atom. The topological polar surface area (TPSA) is 92.9 Å². The third-order valence-corrected chi connectivity index (χ3v) is 5.50. The van der Waals surface area contributed by atoms with E-state index in [1.165, 1.54) is 6.39 Å². The van der Waals surface area contributed by atoms with Gasteiger partial charge >= 0.3 is 5.97 Å². The van der Waals surface area contributed by atoms with Gasteiger partial charge in [0.25, 0.3) is 5.91 Å². The summed E-state index contributed by atoms with van der Waals surface area (Å²) in [5.74, 6) is -0.956. The van der Waals surface area contributed by atoms with Crippen molar-refractivity contribution in [2.75, 3.05) is 26.3 Å². The van der Waals surface area contributed by atoms with Gasteiger partial charge < -0.3 is 19.2 Å². The van der Waals surface area contributed by atoms with Gasteiger partial charge in [-0.2, -0.15) is 0 Å². The minimum absolute atomic E-state index is 0.176. The SMILES string of the molecule is Cc1ccc(-c2ocnc2C(=O)N2C[C@H]3COCC[C@@]3(C(=O)O)C2)cc1. The number of amides is 1. The highest BCUT2D eigenvalue weighted by molar-refractivity contribution is 5.98. The molecule has 26 heavy (non-hydrogen) atoms. The molecule has 0 unspecified atom stereocenters. The van der Waals surface area contributed by atoms with Crippen LogP contribution in [0.2, 0.25) is 0 Å². The van der Waals surface area contributed by atoms with Gasteiger partial charge in [0, 0.05) is 31.2 Å². The maximum atomic E-state index is 13.0. The number of ether oxygens (including phenoxy) is 1. The number of aryl methyl sites for hydroxylation is 1. The number of carboxylic acid groups (broad SMARTS) is 1. The van der Waals surface area contributed by atoms with Crippen molar-refractivity contribution in [1.29, 1.82) is 0 Å². The second-order valence-corrected chi connectivity index (χ2v) is 7.06.